The van der Waals surface area contributed by atoms with Gasteiger partial charge in [0.05, 0.1) is 11.4 Å². The maximum absolute atomic E-state index is 13.1. The fourth-order valence-electron chi connectivity index (χ4n) is 3.95. The second-order valence-electron chi connectivity index (χ2n) is 7.68. The number of aryl methyl sites for hydroxylation is 2. The Kier molecular flexibility index (Phi) is 6.50. The van der Waals surface area contributed by atoms with E-state index < -0.39 is 20.0 Å². The molecule has 0 saturated carbocycles. The van der Waals surface area contributed by atoms with Crippen molar-refractivity contribution in [2.24, 2.45) is 0 Å². The van der Waals surface area contributed by atoms with Gasteiger partial charge in [0.15, 0.2) is 0 Å². The number of hydrogen-bond donors (Lipinski definition) is 1. The Hall–Kier alpha value is -1.79. The lowest BCUT2D eigenvalue weighted by Crippen LogP contribution is -2.52. The Balaban J connectivity index is 1.35. The SMILES string of the molecule is O=C(CNS(=O)(=O)c1cccs1)N1CCN(S(=O)(=O)c2ccc3c(c2)CCCC3)CC1. The Morgan fingerprint density at radius 2 is 1.68 bits per heavy atom. The standard InChI is InChI=1S/C20H25N3O5S3/c24-19(15-21-30(25,26)20-6-3-13-29-20)22-9-11-23(12-10-22)31(27,28)18-8-7-16-4-1-2-5-17(16)14-18/h3,6-8,13-14,21H,1-2,4-5,9-12,15H2. The normalized spacial score (nSPS) is 18.0. The van der Waals surface area contributed by atoms with Crippen molar-refractivity contribution in [2.45, 2.75) is 34.8 Å². The maximum Gasteiger partial charge on any atom is 0.250 e. The van der Waals surface area contributed by atoms with Gasteiger partial charge in [0.25, 0.3) is 10.0 Å². The number of carbonyl (C=O) groups is 1. The highest BCUT2D eigenvalue weighted by molar-refractivity contribution is 7.91. The second kappa shape index (κ2) is 8.99. The lowest BCUT2D eigenvalue weighted by Gasteiger charge is -2.34. The molecule has 0 unspecified atom stereocenters. The van der Waals surface area contributed by atoms with E-state index in [4.69, 9.17) is 0 Å². The van der Waals surface area contributed by atoms with Crippen molar-refractivity contribution in [3.05, 3.63) is 46.8 Å². The molecule has 1 N–H and O–H groups in total. The number of fused-ring (bicyclic) bond motifs is 1. The topological polar surface area (TPSA) is 104 Å². The van der Waals surface area contributed by atoms with Gasteiger partial charge in [-0.1, -0.05) is 12.1 Å². The van der Waals surface area contributed by atoms with Crippen molar-refractivity contribution in [1.29, 1.82) is 0 Å². The molecule has 2 heterocycles. The summed E-state index contributed by atoms with van der Waals surface area (Å²) in [5.41, 5.74) is 2.34. The van der Waals surface area contributed by atoms with Gasteiger partial charge >= 0.3 is 0 Å². The number of sulfonamides is 2. The second-order valence-corrected chi connectivity index (χ2v) is 12.6. The van der Waals surface area contributed by atoms with E-state index in [2.05, 4.69) is 4.72 Å². The number of nitrogens with one attached hydrogen (secondary N) is 1. The van der Waals surface area contributed by atoms with Crippen LogP contribution in [0.3, 0.4) is 0 Å². The minimum Gasteiger partial charge on any atom is -0.339 e. The largest absolute Gasteiger partial charge is 0.339 e. The fraction of sp³-hybridized carbons (Fsp3) is 0.450. The van der Waals surface area contributed by atoms with Gasteiger partial charge < -0.3 is 4.90 Å². The van der Waals surface area contributed by atoms with E-state index in [9.17, 15) is 21.6 Å². The van der Waals surface area contributed by atoms with Gasteiger partial charge in [-0.05, 0) is 60.4 Å². The molecule has 1 aliphatic heterocycles. The summed E-state index contributed by atoms with van der Waals surface area (Å²) in [6.45, 7) is 0.469. The van der Waals surface area contributed by atoms with Gasteiger partial charge in [-0.2, -0.15) is 4.31 Å². The minimum atomic E-state index is -3.71. The van der Waals surface area contributed by atoms with Crippen molar-refractivity contribution < 1.29 is 21.6 Å². The molecule has 1 saturated heterocycles. The monoisotopic (exact) mass is 483 g/mol. The lowest BCUT2D eigenvalue weighted by molar-refractivity contribution is -0.131. The molecule has 31 heavy (non-hydrogen) atoms. The zero-order valence-corrected chi connectivity index (χ0v) is 19.4. The Labute approximate surface area is 187 Å². The third-order valence-corrected chi connectivity index (χ3v) is 10.4. The zero-order chi connectivity index (χ0) is 22.1. The van der Waals surface area contributed by atoms with E-state index in [-0.39, 0.29) is 42.8 Å². The molecule has 0 atom stereocenters. The molecule has 1 aromatic heterocycles. The molecule has 4 rings (SSSR count). The summed E-state index contributed by atoms with van der Waals surface area (Å²) in [4.78, 5) is 14.2. The van der Waals surface area contributed by atoms with Gasteiger partial charge in [0.2, 0.25) is 15.9 Å². The van der Waals surface area contributed by atoms with Crippen molar-refractivity contribution in [1.82, 2.24) is 13.9 Å². The van der Waals surface area contributed by atoms with Gasteiger partial charge in [-0.3, -0.25) is 4.79 Å². The first-order valence-electron chi connectivity index (χ1n) is 10.2. The quantitative estimate of drug-likeness (QED) is 0.670. The van der Waals surface area contributed by atoms with Gasteiger partial charge in [0, 0.05) is 26.2 Å². The van der Waals surface area contributed by atoms with E-state index >= 15 is 0 Å². The minimum absolute atomic E-state index is 0.154. The number of benzene rings is 1. The van der Waals surface area contributed by atoms with Crippen LogP contribution in [0.15, 0.2) is 44.8 Å². The lowest BCUT2D eigenvalue weighted by atomic mass is 9.92. The average molecular weight is 484 g/mol. The first kappa shape index (κ1) is 22.4. The first-order valence-corrected chi connectivity index (χ1v) is 14.0. The van der Waals surface area contributed by atoms with Crippen LogP contribution < -0.4 is 4.72 Å². The third-order valence-electron chi connectivity index (χ3n) is 5.72. The van der Waals surface area contributed by atoms with Crippen LogP contribution in [-0.2, 0) is 37.7 Å². The summed E-state index contributed by atoms with van der Waals surface area (Å²) in [5, 5.41) is 1.65. The summed E-state index contributed by atoms with van der Waals surface area (Å²) in [6, 6.07) is 8.49. The van der Waals surface area contributed by atoms with E-state index in [1.165, 1.54) is 20.8 Å². The summed E-state index contributed by atoms with van der Waals surface area (Å²) < 4.78 is 54.3. The van der Waals surface area contributed by atoms with E-state index in [1.54, 1.807) is 23.6 Å². The summed E-state index contributed by atoms with van der Waals surface area (Å²) >= 11 is 1.08. The molecule has 2 aromatic rings. The fourth-order valence-corrected chi connectivity index (χ4v) is 7.44. The Bertz CT molecular complexity index is 1150. The molecule has 11 heteroatoms. The van der Waals surface area contributed by atoms with E-state index in [0.29, 0.717) is 4.90 Å². The molecule has 0 spiro atoms. The molecule has 1 aliphatic carbocycles. The van der Waals surface area contributed by atoms with Gasteiger partial charge in [-0.25, -0.2) is 21.6 Å². The molecule has 0 bridgehead atoms. The number of rotatable bonds is 6. The molecule has 2 aliphatic rings. The highest BCUT2D eigenvalue weighted by Crippen LogP contribution is 2.26. The predicted molar refractivity (Wildman–Crippen MR) is 118 cm³/mol. The van der Waals surface area contributed by atoms with Gasteiger partial charge in [0.1, 0.15) is 4.21 Å². The molecular formula is C20H25N3O5S3. The van der Waals surface area contributed by atoms with Crippen LogP contribution in [0.2, 0.25) is 0 Å². The Morgan fingerprint density at radius 1 is 0.968 bits per heavy atom. The average Bonchev–Trinajstić information content (AvgIpc) is 3.33. The van der Waals surface area contributed by atoms with E-state index in [0.717, 1.165) is 42.6 Å². The van der Waals surface area contributed by atoms with Crippen molar-refractivity contribution in [3.63, 3.8) is 0 Å². The number of thiophene rings is 1. The Morgan fingerprint density at radius 3 is 2.35 bits per heavy atom. The molecule has 1 amide bonds. The van der Waals surface area contributed by atoms with E-state index in [1.807, 2.05) is 6.07 Å². The number of amides is 1. The first-order chi connectivity index (χ1) is 14.8. The molecule has 1 fully saturated rings. The number of hydrogen-bond acceptors (Lipinski definition) is 6. The molecular weight excluding hydrogens is 458 g/mol. The number of piperazine rings is 1. The van der Waals surface area contributed by atoms with Crippen LogP contribution in [0.25, 0.3) is 0 Å². The highest BCUT2D eigenvalue weighted by Gasteiger charge is 2.31. The van der Waals surface area contributed by atoms with Crippen molar-refractivity contribution >= 4 is 37.3 Å². The third kappa shape index (κ3) is 4.85. The van der Waals surface area contributed by atoms with Crippen LogP contribution in [0.4, 0.5) is 0 Å². The number of nitrogens with zero attached hydrogens (tertiary/aromatic N) is 2. The van der Waals surface area contributed by atoms with Gasteiger partial charge in [-0.15, -0.1) is 11.3 Å². The summed E-state index contributed by atoms with van der Waals surface area (Å²) in [7, 11) is -7.34. The number of carbonyl (C=O) groups excluding carboxylic acids is 1. The highest BCUT2D eigenvalue weighted by atomic mass is 32.2. The van der Waals surface area contributed by atoms with Crippen LogP contribution in [0, 0.1) is 0 Å². The predicted octanol–water partition coefficient (Wildman–Crippen LogP) is 1.44. The molecule has 168 valence electrons. The van der Waals surface area contributed by atoms with Crippen molar-refractivity contribution in [3.8, 4) is 0 Å². The van der Waals surface area contributed by atoms with Crippen LogP contribution in [0.1, 0.15) is 24.0 Å². The van der Waals surface area contributed by atoms with Crippen LogP contribution in [0.5, 0.6) is 0 Å². The summed E-state index contributed by atoms with van der Waals surface area (Å²) in [6.07, 6.45) is 4.11. The smallest absolute Gasteiger partial charge is 0.250 e. The zero-order valence-electron chi connectivity index (χ0n) is 17.0. The molecule has 0 radical (unpaired) electrons. The van der Waals surface area contributed by atoms with Crippen molar-refractivity contribution in [2.75, 3.05) is 32.7 Å². The van der Waals surface area contributed by atoms with Crippen LogP contribution >= 0.6 is 11.3 Å². The summed E-state index contributed by atoms with van der Waals surface area (Å²) in [5.74, 6) is -0.369. The molecule has 8 nitrogen and oxygen atoms in total. The van der Waals surface area contributed by atoms with Crippen LogP contribution in [-0.4, -0.2) is 64.7 Å². The molecule has 1 aromatic carbocycles. The maximum atomic E-state index is 13.1.